The second kappa shape index (κ2) is 38.5. The Hall–Kier alpha value is -0.990. The Bertz CT molecular complexity index is 912. The van der Waals surface area contributed by atoms with Crippen LogP contribution in [0.3, 0.4) is 0 Å². The fraction of sp³-hybridized carbons (Fsp3) is 0.956. The fourth-order valence-corrected chi connectivity index (χ4v) is 7.46. The first kappa shape index (κ1) is 54.0. The molecule has 0 aromatic heterocycles. The minimum atomic E-state index is -4.37. The summed E-state index contributed by atoms with van der Waals surface area (Å²) in [5.74, 6) is -0.781. The molecular formula is C45H91NO8P+. The van der Waals surface area contributed by atoms with Gasteiger partial charge in [-0.15, -0.1) is 0 Å². The van der Waals surface area contributed by atoms with Crippen LogP contribution in [0.15, 0.2) is 0 Å². The largest absolute Gasteiger partial charge is 0.472 e. The summed E-state index contributed by atoms with van der Waals surface area (Å²) in [6.45, 7) is 4.47. The summed E-state index contributed by atoms with van der Waals surface area (Å²) < 4.78 is 34.4. The van der Waals surface area contributed by atoms with Gasteiger partial charge in [0.25, 0.3) is 0 Å². The highest BCUT2D eigenvalue weighted by Gasteiger charge is 2.27. The first-order valence-corrected chi connectivity index (χ1v) is 24.8. The number of quaternary nitrogens is 1. The molecule has 0 saturated carbocycles. The Morgan fingerprint density at radius 2 is 0.818 bits per heavy atom. The van der Waals surface area contributed by atoms with E-state index in [1.165, 1.54) is 161 Å². The Morgan fingerprint density at radius 3 is 1.16 bits per heavy atom. The Labute approximate surface area is 340 Å². The highest BCUT2D eigenvalue weighted by Crippen LogP contribution is 2.43. The molecule has 0 bridgehead atoms. The van der Waals surface area contributed by atoms with Crippen LogP contribution in [0.4, 0.5) is 0 Å². The first-order chi connectivity index (χ1) is 26.5. The minimum absolute atomic E-state index is 0.0369. The van der Waals surface area contributed by atoms with Crippen LogP contribution >= 0.6 is 7.82 Å². The summed E-state index contributed by atoms with van der Waals surface area (Å²) in [5, 5.41) is 0. The Kier molecular flexibility index (Phi) is 37.8. The van der Waals surface area contributed by atoms with Crippen LogP contribution in [0, 0.1) is 0 Å². The summed E-state index contributed by atoms with van der Waals surface area (Å²) in [4.78, 5) is 35.4. The predicted octanol–water partition coefficient (Wildman–Crippen LogP) is 13.2. The summed E-state index contributed by atoms with van der Waals surface area (Å²) in [5.41, 5.74) is 0. The standard InChI is InChI=1S/C45H90NO8P/c1-6-8-10-12-14-16-18-20-22-24-25-27-29-31-33-35-37-44(47)51-41-43(42-53-55(49,50)52-40-39-46(3,4)5)54-45(48)38-36-34-32-30-28-26-23-21-19-17-15-13-11-9-7-2/h43H,6-42H2,1-5H3/p+1/t43-/m1/s1. The second-order valence-electron chi connectivity index (χ2n) is 17.2. The molecule has 0 radical (unpaired) electrons. The van der Waals surface area contributed by atoms with E-state index in [1.807, 2.05) is 21.1 Å². The molecule has 0 aliphatic carbocycles. The Morgan fingerprint density at radius 1 is 0.491 bits per heavy atom. The number of rotatable bonds is 43. The first-order valence-electron chi connectivity index (χ1n) is 23.3. The molecule has 55 heavy (non-hydrogen) atoms. The van der Waals surface area contributed by atoms with Gasteiger partial charge in [-0.05, 0) is 12.8 Å². The zero-order valence-corrected chi connectivity index (χ0v) is 37.8. The maximum absolute atomic E-state index is 12.7. The van der Waals surface area contributed by atoms with Crippen LogP contribution in [0.1, 0.15) is 226 Å². The number of carbonyl (C=O) groups excluding carboxylic acids is 2. The summed E-state index contributed by atoms with van der Waals surface area (Å²) in [7, 11) is 1.49. The van der Waals surface area contributed by atoms with Crippen molar-refractivity contribution in [1.29, 1.82) is 0 Å². The van der Waals surface area contributed by atoms with E-state index in [9.17, 15) is 19.0 Å². The molecule has 0 spiro atoms. The van der Waals surface area contributed by atoms with E-state index in [0.717, 1.165) is 38.5 Å². The maximum Gasteiger partial charge on any atom is 0.472 e. The van der Waals surface area contributed by atoms with E-state index >= 15 is 0 Å². The average Bonchev–Trinajstić information content (AvgIpc) is 3.13. The number of esters is 2. The van der Waals surface area contributed by atoms with E-state index in [1.54, 1.807) is 0 Å². The summed E-state index contributed by atoms with van der Waals surface area (Å²) in [6, 6.07) is 0. The van der Waals surface area contributed by atoms with Gasteiger partial charge in [0.05, 0.1) is 27.7 Å². The van der Waals surface area contributed by atoms with Gasteiger partial charge >= 0.3 is 19.8 Å². The van der Waals surface area contributed by atoms with Gasteiger partial charge in [-0.2, -0.15) is 0 Å². The number of phosphoric ester groups is 1. The van der Waals surface area contributed by atoms with Crippen LogP contribution in [0.25, 0.3) is 0 Å². The van der Waals surface area contributed by atoms with Crippen LogP contribution in [0.2, 0.25) is 0 Å². The normalized spacial score (nSPS) is 13.5. The van der Waals surface area contributed by atoms with Crippen LogP contribution in [-0.2, 0) is 32.7 Å². The molecule has 0 aliphatic heterocycles. The van der Waals surface area contributed by atoms with E-state index in [2.05, 4.69) is 13.8 Å². The fourth-order valence-electron chi connectivity index (χ4n) is 6.72. The van der Waals surface area contributed by atoms with Crippen LogP contribution in [-0.4, -0.2) is 74.9 Å². The minimum Gasteiger partial charge on any atom is -0.462 e. The molecule has 0 aromatic carbocycles. The number of carbonyl (C=O) groups is 2. The molecule has 0 amide bonds. The zero-order valence-electron chi connectivity index (χ0n) is 36.9. The monoisotopic (exact) mass is 805 g/mol. The topological polar surface area (TPSA) is 108 Å². The quantitative estimate of drug-likeness (QED) is 0.0281. The van der Waals surface area contributed by atoms with Gasteiger partial charge in [-0.1, -0.05) is 200 Å². The summed E-state index contributed by atoms with van der Waals surface area (Å²) >= 11 is 0. The molecular weight excluding hydrogens is 713 g/mol. The van der Waals surface area contributed by atoms with Crippen molar-refractivity contribution < 1.29 is 42.1 Å². The maximum atomic E-state index is 12.7. The number of likely N-dealkylation sites (N-methyl/N-ethyl adjacent to an activating group) is 1. The smallest absolute Gasteiger partial charge is 0.462 e. The van der Waals surface area contributed by atoms with Crippen molar-refractivity contribution in [2.45, 2.75) is 232 Å². The zero-order chi connectivity index (χ0) is 40.7. The predicted molar refractivity (Wildman–Crippen MR) is 229 cm³/mol. The van der Waals surface area contributed by atoms with Crippen molar-refractivity contribution in [3.05, 3.63) is 0 Å². The molecule has 0 heterocycles. The van der Waals surface area contributed by atoms with E-state index in [-0.39, 0.29) is 25.6 Å². The van der Waals surface area contributed by atoms with E-state index in [0.29, 0.717) is 17.4 Å². The van der Waals surface area contributed by atoms with Crippen molar-refractivity contribution in [2.24, 2.45) is 0 Å². The number of nitrogens with zero attached hydrogens (tertiary/aromatic N) is 1. The number of hydrogen-bond acceptors (Lipinski definition) is 7. The molecule has 0 saturated heterocycles. The highest BCUT2D eigenvalue weighted by molar-refractivity contribution is 7.47. The lowest BCUT2D eigenvalue weighted by molar-refractivity contribution is -0.870. The molecule has 328 valence electrons. The van der Waals surface area contributed by atoms with Gasteiger partial charge in [0.15, 0.2) is 6.10 Å². The van der Waals surface area contributed by atoms with Gasteiger partial charge in [-0.3, -0.25) is 18.6 Å². The number of unbranched alkanes of at least 4 members (excludes halogenated alkanes) is 29. The summed E-state index contributed by atoms with van der Waals surface area (Å²) in [6.07, 6.45) is 38.5. The second-order valence-corrected chi connectivity index (χ2v) is 18.6. The van der Waals surface area contributed by atoms with Gasteiger partial charge < -0.3 is 18.9 Å². The molecule has 0 fully saturated rings. The lowest BCUT2D eigenvalue weighted by Crippen LogP contribution is -2.37. The van der Waals surface area contributed by atoms with Crippen molar-refractivity contribution in [3.8, 4) is 0 Å². The molecule has 10 heteroatoms. The van der Waals surface area contributed by atoms with Crippen LogP contribution < -0.4 is 0 Å². The van der Waals surface area contributed by atoms with Crippen molar-refractivity contribution in [1.82, 2.24) is 0 Å². The molecule has 9 nitrogen and oxygen atoms in total. The van der Waals surface area contributed by atoms with E-state index < -0.39 is 26.5 Å². The molecule has 1 unspecified atom stereocenters. The van der Waals surface area contributed by atoms with Crippen molar-refractivity contribution in [3.63, 3.8) is 0 Å². The lowest BCUT2D eigenvalue weighted by Gasteiger charge is -2.24. The average molecular weight is 805 g/mol. The molecule has 0 aromatic rings. The van der Waals surface area contributed by atoms with Gasteiger partial charge in [0, 0.05) is 12.8 Å². The van der Waals surface area contributed by atoms with Gasteiger partial charge in [0.1, 0.15) is 19.8 Å². The van der Waals surface area contributed by atoms with Gasteiger partial charge in [0.2, 0.25) is 0 Å². The molecule has 0 aliphatic rings. The van der Waals surface area contributed by atoms with E-state index in [4.69, 9.17) is 18.5 Å². The third kappa shape index (κ3) is 42.4. The third-order valence-corrected chi connectivity index (χ3v) is 11.4. The number of ether oxygens (including phenoxy) is 2. The van der Waals surface area contributed by atoms with Crippen molar-refractivity contribution >= 4 is 19.8 Å². The molecule has 2 atom stereocenters. The molecule has 1 N–H and O–H groups in total. The lowest BCUT2D eigenvalue weighted by atomic mass is 10.0. The third-order valence-electron chi connectivity index (χ3n) is 10.4. The SMILES string of the molecule is CCCCCCCCCCCCCCCCCCC(=O)OC[C@H](COP(=O)(O)OCC[N+](C)(C)C)OC(=O)CCCCCCCCCCCCCCCCC. The highest BCUT2D eigenvalue weighted by atomic mass is 31.2. The van der Waals surface area contributed by atoms with Gasteiger partial charge in [-0.25, -0.2) is 4.57 Å². The number of phosphoric acid groups is 1. The molecule has 0 rings (SSSR count). The number of hydrogen-bond donors (Lipinski definition) is 1. The van der Waals surface area contributed by atoms with Crippen molar-refractivity contribution in [2.75, 3.05) is 47.5 Å². The Balaban J connectivity index is 4.28. The van der Waals surface area contributed by atoms with Crippen LogP contribution in [0.5, 0.6) is 0 Å².